The highest BCUT2D eigenvalue weighted by molar-refractivity contribution is 5.94. The van der Waals surface area contributed by atoms with E-state index in [-0.39, 0.29) is 35.0 Å². The third-order valence-corrected chi connectivity index (χ3v) is 7.50. The topological polar surface area (TPSA) is 154 Å². The van der Waals surface area contributed by atoms with Crippen LogP contribution in [0.2, 0.25) is 0 Å². The first-order valence-electron chi connectivity index (χ1n) is 12.3. The smallest absolute Gasteiger partial charge is 0.259 e. The van der Waals surface area contributed by atoms with Gasteiger partial charge in [0.05, 0.1) is 11.6 Å². The summed E-state index contributed by atoms with van der Waals surface area (Å²) in [6.45, 7) is 13.3. The van der Waals surface area contributed by atoms with Crippen LogP contribution in [0.3, 0.4) is 0 Å². The van der Waals surface area contributed by atoms with E-state index in [0.717, 1.165) is 0 Å². The zero-order valence-corrected chi connectivity index (χ0v) is 22.2. The van der Waals surface area contributed by atoms with Gasteiger partial charge in [0.25, 0.3) is 5.89 Å². The Morgan fingerprint density at radius 1 is 1.24 bits per heavy atom. The van der Waals surface area contributed by atoms with E-state index in [0.29, 0.717) is 23.5 Å². The molecule has 1 saturated carbocycles. The average molecular weight is 508 g/mol. The van der Waals surface area contributed by atoms with Crippen LogP contribution in [0.4, 0.5) is 0 Å². The number of aromatic nitrogens is 3. The van der Waals surface area contributed by atoms with Gasteiger partial charge in [0.15, 0.2) is 5.82 Å². The van der Waals surface area contributed by atoms with Gasteiger partial charge in [0, 0.05) is 31.4 Å². The van der Waals surface area contributed by atoms with Crippen molar-refractivity contribution in [2.45, 2.75) is 66.6 Å². The molecule has 3 amide bonds. The minimum absolute atomic E-state index is 0.0421. The predicted molar refractivity (Wildman–Crippen MR) is 132 cm³/mol. The Kier molecular flexibility index (Phi) is 6.56. The lowest BCUT2D eigenvalue weighted by Gasteiger charge is -2.37. The Morgan fingerprint density at radius 3 is 2.51 bits per heavy atom. The van der Waals surface area contributed by atoms with Crippen LogP contribution in [0.15, 0.2) is 23.0 Å². The van der Waals surface area contributed by atoms with Crippen molar-refractivity contribution in [1.29, 1.82) is 5.26 Å². The summed E-state index contributed by atoms with van der Waals surface area (Å²) in [6.07, 6.45) is 3.03. The molecule has 1 unspecified atom stereocenters. The van der Waals surface area contributed by atoms with Crippen LogP contribution in [-0.2, 0) is 14.4 Å². The second-order valence-corrected chi connectivity index (χ2v) is 11.6. The lowest BCUT2D eigenvalue weighted by atomic mass is 9.85. The molecule has 2 fully saturated rings. The molecule has 3 heterocycles. The minimum atomic E-state index is -1.00. The zero-order chi connectivity index (χ0) is 27.3. The number of amides is 3. The van der Waals surface area contributed by atoms with Crippen LogP contribution in [0.25, 0.3) is 11.5 Å². The predicted octanol–water partition coefficient (Wildman–Crippen LogP) is 2.15. The number of rotatable bonds is 6. The van der Waals surface area contributed by atoms with E-state index in [4.69, 9.17) is 4.52 Å². The van der Waals surface area contributed by atoms with Crippen molar-refractivity contribution in [2.75, 3.05) is 6.54 Å². The average Bonchev–Trinajstić information content (AvgIpc) is 3.21. The third-order valence-electron chi connectivity index (χ3n) is 7.50. The summed E-state index contributed by atoms with van der Waals surface area (Å²) in [5.74, 6) is -0.173. The minimum Gasteiger partial charge on any atom is -0.344 e. The second kappa shape index (κ2) is 9.25. The summed E-state index contributed by atoms with van der Waals surface area (Å²) in [5, 5.41) is 19.3. The molecular weight excluding hydrogens is 474 g/mol. The number of likely N-dealkylation sites (tertiary alicyclic amines) is 1. The van der Waals surface area contributed by atoms with E-state index in [1.165, 1.54) is 19.3 Å². The lowest BCUT2D eigenvalue weighted by molar-refractivity contribution is -0.145. The summed E-state index contributed by atoms with van der Waals surface area (Å²) in [5.41, 5.74) is 0.318. The summed E-state index contributed by atoms with van der Waals surface area (Å²) >= 11 is 0. The fraction of sp³-hybridized carbons (Fsp3) is 0.577. The van der Waals surface area contributed by atoms with Crippen molar-refractivity contribution in [2.24, 2.45) is 22.7 Å². The summed E-state index contributed by atoms with van der Waals surface area (Å²) in [7, 11) is 0. The molecule has 0 radical (unpaired) electrons. The molecule has 1 saturated heterocycles. The van der Waals surface area contributed by atoms with Crippen molar-refractivity contribution in [1.82, 2.24) is 30.7 Å². The number of carbonyl (C=O) groups excluding carboxylic acids is 3. The molecule has 37 heavy (non-hydrogen) atoms. The van der Waals surface area contributed by atoms with Gasteiger partial charge in [0.2, 0.25) is 17.7 Å². The molecule has 11 nitrogen and oxygen atoms in total. The number of carbonyl (C=O) groups is 3. The van der Waals surface area contributed by atoms with Gasteiger partial charge in [-0.15, -0.1) is 0 Å². The number of hydrogen-bond acceptors (Lipinski definition) is 8. The normalized spacial score (nSPS) is 23.4. The number of fused-ring (bicyclic) bond motifs is 1. The molecule has 0 aromatic carbocycles. The maximum atomic E-state index is 13.7. The molecule has 11 heteroatoms. The molecular formula is C26H33N7O4. The fourth-order valence-corrected chi connectivity index (χ4v) is 5.40. The quantitative estimate of drug-likeness (QED) is 0.603. The van der Waals surface area contributed by atoms with Gasteiger partial charge in [0.1, 0.15) is 18.1 Å². The van der Waals surface area contributed by atoms with Crippen molar-refractivity contribution in [3.63, 3.8) is 0 Å². The molecule has 0 bridgehead atoms. The summed E-state index contributed by atoms with van der Waals surface area (Å²) in [4.78, 5) is 49.2. The highest BCUT2D eigenvalue weighted by Gasteiger charge is 2.69. The molecule has 1 aliphatic heterocycles. The first-order chi connectivity index (χ1) is 17.3. The molecule has 0 spiro atoms. The van der Waals surface area contributed by atoms with Gasteiger partial charge in [-0.2, -0.15) is 10.2 Å². The second-order valence-electron chi connectivity index (χ2n) is 11.6. The van der Waals surface area contributed by atoms with E-state index in [1.807, 2.05) is 20.8 Å². The van der Waals surface area contributed by atoms with Gasteiger partial charge in [-0.25, -0.2) is 0 Å². The molecule has 196 valence electrons. The van der Waals surface area contributed by atoms with E-state index in [2.05, 4.69) is 45.7 Å². The van der Waals surface area contributed by atoms with Crippen LogP contribution in [-0.4, -0.2) is 56.4 Å². The maximum Gasteiger partial charge on any atom is 0.259 e. The third kappa shape index (κ3) is 4.92. The first kappa shape index (κ1) is 26.3. The number of hydrogen-bond donors (Lipinski definition) is 2. The molecule has 2 aliphatic rings. The Balaban J connectivity index is 1.59. The number of aryl methyl sites for hydroxylation is 1. The van der Waals surface area contributed by atoms with Crippen molar-refractivity contribution >= 4 is 17.7 Å². The van der Waals surface area contributed by atoms with Crippen LogP contribution in [0.1, 0.15) is 59.0 Å². The lowest BCUT2D eigenvalue weighted by Crippen LogP contribution is -2.59. The van der Waals surface area contributed by atoms with E-state index in [9.17, 15) is 19.6 Å². The fourth-order valence-electron chi connectivity index (χ4n) is 5.40. The number of piperidine rings is 1. The van der Waals surface area contributed by atoms with E-state index in [1.54, 1.807) is 17.9 Å². The molecule has 1 aliphatic carbocycles. The number of nitrogens with zero attached hydrogens (tertiary/aromatic N) is 5. The number of nitrogens with one attached hydrogen (secondary N) is 2. The van der Waals surface area contributed by atoms with Crippen LogP contribution < -0.4 is 10.6 Å². The largest absolute Gasteiger partial charge is 0.344 e. The highest BCUT2D eigenvalue weighted by atomic mass is 16.5. The Hall–Kier alpha value is -3.81. The summed E-state index contributed by atoms with van der Waals surface area (Å²) < 4.78 is 5.20. The van der Waals surface area contributed by atoms with Crippen molar-refractivity contribution < 1.29 is 18.9 Å². The SMILES string of the molecule is CC(=O)N[C@H](C(=O)N1C[C@H]2[C@@H]([C@H]1C(=O)NC(C#N)c1cncc(-c3nc(C)no3)c1)C2(C)C)C(C)(C)C. The van der Waals surface area contributed by atoms with Crippen molar-refractivity contribution in [3.8, 4) is 17.5 Å². The highest BCUT2D eigenvalue weighted by Crippen LogP contribution is 2.65. The molecule has 4 rings (SSSR count). The molecule has 2 aromatic heterocycles. The zero-order valence-electron chi connectivity index (χ0n) is 22.2. The van der Waals surface area contributed by atoms with Gasteiger partial charge >= 0.3 is 0 Å². The molecule has 2 N–H and O–H groups in total. The number of nitriles is 1. The number of pyridine rings is 1. The summed E-state index contributed by atoms with van der Waals surface area (Å²) in [6, 6.07) is 1.25. The van der Waals surface area contributed by atoms with Gasteiger partial charge in [-0.1, -0.05) is 39.8 Å². The maximum absolute atomic E-state index is 13.7. The van der Waals surface area contributed by atoms with E-state index < -0.39 is 29.4 Å². The Bertz CT molecular complexity index is 1270. The van der Waals surface area contributed by atoms with Gasteiger partial charge in [-0.3, -0.25) is 19.4 Å². The van der Waals surface area contributed by atoms with E-state index >= 15 is 0 Å². The van der Waals surface area contributed by atoms with Gasteiger partial charge in [-0.05, 0) is 35.7 Å². The van der Waals surface area contributed by atoms with Gasteiger partial charge < -0.3 is 20.1 Å². The molecule has 5 atom stereocenters. The van der Waals surface area contributed by atoms with Crippen LogP contribution in [0, 0.1) is 40.9 Å². The van der Waals surface area contributed by atoms with Crippen LogP contribution >= 0.6 is 0 Å². The molecule has 2 aromatic rings. The Labute approximate surface area is 216 Å². The first-order valence-corrected chi connectivity index (χ1v) is 12.3. The van der Waals surface area contributed by atoms with Crippen LogP contribution in [0.5, 0.6) is 0 Å². The monoisotopic (exact) mass is 507 g/mol. The standard InChI is InChI=1S/C26H33N7O4/c1-13-29-23(37-32-13)16-8-15(10-28-11-16)18(9-27)31-22(35)20-19-17(26(19,6)7)12-33(20)24(36)21(25(3,4)5)30-14(2)34/h8,10-11,17-21H,12H2,1-7H3,(H,30,34)(H,31,35)/t17-,18?,19-,20-,21+/m0/s1. The Morgan fingerprint density at radius 2 is 1.95 bits per heavy atom. The van der Waals surface area contributed by atoms with Crippen molar-refractivity contribution in [3.05, 3.63) is 29.8 Å².